The van der Waals surface area contributed by atoms with Crippen molar-refractivity contribution in [1.29, 1.82) is 0 Å². The van der Waals surface area contributed by atoms with Gasteiger partial charge in [-0.2, -0.15) is 5.10 Å². The predicted molar refractivity (Wildman–Crippen MR) is 123 cm³/mol. The number of rotatable bonds is 3. The van der Waals surface area contributed by atoms with Gasteiger partial charge in [0.05, 0.1) is 16.7 Å². The molecule has 10 heteroatoms. The van der Waals surface area contributed by atoms with Crippen LogP contribution in [-0.4, -0.2) is 39.3 Å². The van der Waals surface area contributed by atoms with Gasteiger partial charge in [0.25, 0.3) is 0 Å². The quantitative estimate of drug-likeness (QED) is 0.449. The van der Waals surface area contributed by atoms with Crippen LogP contribution in [0.5, 0.6) is 0 Å². The van der Waals surface area contributed by atoms with Crippen LogP contribution in [0.25, 0.3) is 39.4 Å². The molecule has 5 rings (SSSR count). The van der Waals surface area contributed by atoms with E-state index in [1.165, 1.54) is 6.33 Å². The minimum absolute atomic E-state index is 0.238. The van der Waals surface area contributed by atoms with Crippen LogP contribution in [0.4, 0.5) is 11.8 Å². The molecule has 10 nitrogen and oxygen atoms in total. The lowest BCUT2D eigenvalue weighted by atomic mass is 10.1. The second-order valence-electron chi connectivity index (χ2n) is 8.42. The number of aromatic nitrogens is 8. The summed E-state index contributed by atoms with van der Waals surface area (Å²) in [6.45, 7) is 6.38. The lowest BCUT2D eigenvalue weighted by molar-refractivity contribution is 0.412. The molecule has 160 valence electrons. The Morgan fingerprint density at radius 3 is 2.38 bits per heavy atom. The molecule has 0 amide bonds. The lowest BCUT2D eigenvalue weighted by Crippen LogP contribution is -2.23. The molecule has 0 aliphatic carbocycles. The highest BCUT2D eigenvalue weighted by Gasteiger charge is 2.26. The van der Waals surface area contributed by atoms with Crippen LogP contribution >= 0.6 is 0 Å². The zero-order chi connectivity index (χ0) is 22.5. The molecule has 0 unspecified atom stereocenters. The Labute approximate surface area is 184 Å². The van der Waals surface area contributed by atoms with Gasteiger partial charge in [-0.15, -0.1) is 0 Å². The standard InChI is InChI=1S/C22H22N10/c1-22(2,3)32-16-5-4-13(14-9-26-21(24)27-10-14)8-15(16)29-20(32)19-17(6-7-18(23)30-19)31-12-25-11-28-31/h4-12H,1-3H3,(H2,23,30)(H2,24,26,27). The highest BCUT2D eigenvalue weighted by Crippen LogP contribution is 2.35. The zero-order valence-electron chi connectivity index (χ0n) is 17.9. The van der Waals surface area contributed by atoms with E-state index >= 15 is 0 Å². The molecule has 0 radical (unpaired) electrons. The molecule has 0 saturated carbocycles. The van der Waals surface area contributed by atoms with Crippen LogP contribution in [0.15, 0.2) is 55.4 Å². The molecule has 0 spiro atoms. The Bertz CT molecular complexity index is 1410. The van der Waals surface area contributed by atoms with Crippen LogP contribution in [0.1, 0.15) is 20.8 Å². The Kier molecular flexibility index (Phi) is 4.36. The topological polar surface area (TPSA) is 139 Å². The van der Waals surface area contributed by atoms with Gasteiger partial charge in [-0.25, -0.2) is 29.6 Å². The van der Waals surface area contributed by atoms with E-state index in [1.54, 1.807) is 29.5 Å². The van der Waals surface area contributed by atoms with Crippen molar-refractivity contribution in [1.82, 2.24) is 39.3 Å². The van der Waals surface area contributed by atoms with Gasteiger partial charge in [-0.05, 0) is 50.6 Å². The fraction of sp³-hybridized carbons (Fsp3) is 0.182. The molecule has 0 fully saturated rings. The molecule has 32 heavy (non-hydrogen) atoms. The number of benzene rings is 1. The molecular weight excluding hydrogens is 404 g/mol. The number of fused-ring (bicyclic) bond motifs is 1. The average Bonchev–Trinajstić information content (AvgIpc) is 3.41. The highest BCUT2D eigenvalue weighted by molar-refractivity contribution is 5.86. The predicted octanol–water partition coefficient (Wildman–Crippen LogP) is 3.06. The molecule has 4 N–H and O–H groups in total. The van der Waals surface area contributed by atoms with Crippen LogP contribution in [0.2, 0.25) is 0 Å². The number of anilines is 2. The summed E-state index contributed by atoms with van der Waals surface area (Å²) >= 11 is 0. The molecule has 0 aliphatic rings. The second kappa shape index (κ2) is 7.12. The van der Waals surface area contributed by atoms with Crippen molar-refractivity contribution in [2.75, 3.05) is 11.5 Å². The molecule has 4 aromatic heterocycles. The smallest absolute Gasteiger partial charge is 0.219 e. The van der Waals surface area contributed by atoms with Gasteiger partial charge < -0.3 is 16.0 Å². The normalized spacial score (nSPS) is 11.8. The van der Waals surface area contributed by atoms with Crippen molar-refractivity contribution in [2.24, 2.45) is 0 Å². The van der Waals surface area contributed by atoms with Gasteiger partial charge in [-0.3, -0.25) is 0 Å². The summed E-state index contributed by atoms with van der Waals surface area (Å²) in [7, 11) is 0. The highest BCUT2D eigenvalue weighted by atomic mass is 15.3. The van der Waals surface area contributed by atoms with E-state index in [-0.39, 0.29) is 11.5 Å². The van der Waals surface area contributed by atoms with E-state index in [0.29, 0.717) is 17.3 Å². The monoisotopic (exact) mass is 426 g/mol. The number of pyridine rings is 1. The Morgan fingerprint density at radius 2 is 1.69 bits per heavy atom. The number of hydrogen-bond donors (Lipinski definition) is 2. The van der Waals surface area contributed by atoms with Crippen molar-refractivity contribution in [3.05, 3.63) is 55.4 Å². The van der Waals surface area contributed by atoms with E-state index in [4.69, 9.17) is 16.5 Å². The van der Waals surface area contributed by atoms with Gasteiger partial charge in [0, 0.05) is 23.5 Å². The fourth-order valence-electron chi connectivity index (χ4n) is 3.73. The van der Waals surface area contributed by atoms with Gasteiger partial charge in [0.2, 0.25) is 5.95 Å². The summed E-state index contributed by atoms with van der Waals surface area (Å²) in [5, 5.41) is 4.27. The van der Waals surface area contributed by atoms with Crippen LogP contribution in [0, 0.1) is 0 Å². The van der Waals surface area contributed by atoms with E-state index in [1.807, 2.05) is 24.3 Å². The first-order valence-electron chi connectivity index (χ1n) is 10.0. The number of imidazole rings is 1. The molecule has 5 aromatic rings. The van der Waals surface area contributed by atoms with E-state index in [9.17, 15) is 0 Å². The molecule has 0 aliphatic heterocycles. The van der Waals surface area contributed by atoms with Crippen molar-refractivity contribution < 1.29 is 0 Å². The van der Waals surface area contributed by atoms with Gasteiger partial charge in [0.15, 0.2) is 5.82 Å². The fourth-order valence-corrected chi connectivity index (χ4v) is 3.73. The van der Waals surface area contributed by atoms with Crippen LogP contribution in [0.3, 0.4) is 0 Å². The van der Waals surface area contributed by atoms with Crippen LogP contribution in [-0.2, 0) is 5.54 Å². The molecule has 0 bridgehead atoms. The number of hydrogen-bond acceptors (Lipinski definition) is 8. The SMILES string of the molecule is CC(C)(C)n1c(-c2nc(N)ccc2-n2cncn2)nc2cc(-c3cnc(N)nc3)ccc21. The summed E-state index contributed by atoms with van der Waals surface area (Å²) < 4.78 is 3.82. The maximum Gasteiger partial charge on any atom is 0.219 e. The minimum atomic E-state index is -0.276. The van der Waals surface area contributed by atoms with Crippen molar-refractivity contribution in [3.8, 4) is 28.3 Å². The largest absolute Gasteiger partial charge is 0.384 e. The molecular formula is C22H22N10. The summed E-state index contributed by atoms with van der Waals surface area (Å²) in [6, 6.07) is 9.69. The molecule has 0 saturated heterocycles. The van der Waals surface area contributed by atoms with E-state index in [0.717, 1.165) is 27.8 Å². The first-order chi connectivity index (χ1) is 15.3. The first kappa shape index (κ1) is 19.6. The molecule has 4 heterocycles. The van der Waals surface area contributed by atoms with Gasteiger partial charge in [-0.1, -0.05) is 6.07 Å². The molecule has 1 aromatic carbocycles. The maximum absolute atomic E-state index is 6.07. The maximum atomic E-state index is 6.07. The lowest BCUT2D eigenvalue weighted by Gasteiger charge is -2.25. The summed E-state index contributed by atoms with van der Waals surface area (Å²) in [5.74, 6) is 1.33. The Hall–Kier alpha value is -4.34. The zero-order valence-corrected chi connectivity index (χ0v) is 17.9. The van der Waals surface area contributed by atoms with E-state index < -0.39 is 0 Å². The van der Waals surface area contributed by atoms with Crippen LogP contribution < -0.4 is 11.5 Å². The summed E-state index contributed by atoms with van der Waals surface area (Å²) in [6.07, 6.45) is 6.51. The number of nitrogen functional groups attached to an aromatic ring is 2. The number of nitrogens with two attached hydrogens (primary N) is 2. The van der Waals surface area contributed by atoms with Crippen molar-refractivity contribution in [2.45, 2.75) is 26.3 Å². The van der Waals surface area contributed by atoms with Crippen molar-refractivity contribution >= 4 is 22.8 Å². The second-order valence-corrected chi connectivity index (χ2v) is 8.42. The number of nitrogens with zero attached hydrogens (tertiary/aromatic N) is 8. The van der Waals surface area contributed by atoms with E-state index in [2.05, 4.69) is 50.4 Å². The third-order valence-electron chi connectivity index (χ3n) is 5.10. The van der Waals surface area contributed by atoms with Crippen molar-refractivity contribution in [3.63, 3.8) is 0 Å². The van der Waals surface area contributed by atoms with Gasteiger partial charge >= 0.3 is 0 Å². The third kappa shape index (κ3) is 3.31. The summed E-state index contributed by atoms with van der Waals surface area (Å²) in [4.78, 5) is 21.9. The Balaban J connectivity index is 1.77. The molecule has 0 atom stereocenters. The first-order valence-corrected chi connectivity index (χ1v) is 10.0. The summed E-state index contributed by atoms with van der Waals surface area (Å²) in [5.41, 5.74) is 16.4. The van der Waals surface area contributed by atoms with Gasteiger partial charge in [0.1, 0.15) is 24.2 Å². The minimum Gasteiger partial charge on any atom is -0.384 e. The Morgan fingerprint density at radius 1 is 0.906 bits per heavy atom. The third-order valence-corrected chi connectivity index (χ3v) is 5.10. The average molecular weight is 426 g/mol.